The molecule has 0 aliphatic carbocycles. The fourth-order valence-corrected chi connectivity index (χ4v) is 5.71. The van der Waals surface area contributed by atoms with E-state index in [4.69, 9.17) is 0 Å². The predicted molar refractivity (Wildman–Crippen MR) is 60.5 cm³/mol. The van der Waals surface area contributed by atoms with Crippen LogP contribution in [0.15, 0.2) is 0 Å². The minimum absolute atomic E-state index is 0.0636. The van der Waals surface area contributed by atoms with Crippen LogP contribution in [0.5, 0.6) is 0 Å². The molecule has 2 aliphatic heterocycles. The molecule has 0 saturated carbocycles. The first kappa shape index (κ1) is 9.81. The largest absolute Gasteiger partial charge is 0.392 e. The molecular weight excluding hydrogens is 304 g/mol. The third kappa shape index (κ3) is 1.72. The first-order valence-corrected chi connectivity index (χ1v) is 7.07. The number of fused-ring (bicyclic) bond motifs is 2. The molecule has 2 saturated heterocycles. The Morgan fingerprint density at radius 1 is 1.17 bits per heavy atom. The Balaban J connectivity index is 2.08. The molecule has 0 radical (unpaired) electrons. The molecule has 0 amide bonds. The molecule has 4 heteroatoms. The molecule has 0 aromatic carbocycles. The fraction of sp³-hybridized carbons (Fsp3) is 1.00. The Morgan fingerprint density at radius 3 is 2.67 bits per heavy atom. The third-order valence-corrected chi connectivity index (χ3v) is 7.70. The maximum absolute atomic E-state index is 9.67. The summed E-state index contributed by atoms with van der Waals surface area (Å²) >= 11 is 9.34. The van der Waals surface area contributed by atoms with Gasteiger partial charge in [0, 0.05) is 20.2 Å². The number of thioether (sulfide) groups is 1. The highest BCUT2D eigenvalue weighted by molar-refractivity contribution is 9.12. The molecule has 2 heterocycles. The number of halogens is 2. The van der Waals surface area contributed by atoms with Crippen LogP contribution in [0.25, 0.3) is 0 Å². The minimum Gasteiger partial charge on any atom is -0.392 e. The zero-order valence-electron chi connectivity index (χ0n) is 6.62. The number of aliphatic hydroxyl groups is 1. The molecule has 70 valence electrons. The number of hydrogen-bond acceptors (Lipinski definition) is 2. The first-order valence-electron chi connectivity index (χ1n) is 4.30. The van der Waals surface area contributed by atoms with Gasteiger partial charge in [0.05, 0.1) is 6.10 Å². The summed E-state index contributed by atoms with van der Waals surface area (Å²) in [4.78, 5) is 1.13. The topological polar surface area (TPSA) is 20.2 Å². The van der Waals surface area contributed by atoms with E-state index in [0.29, 0.717) is 20.2 Å². The molecule has 2 aliphatic rings. The molecule has 0 aromatic rings. The van der Waals surface area contributed by atoms with Crippen LogP contribution < -0.4 is 0 Å². The van der Waals surface area contributed by atoms with Gasteiger partial charge in [-0.15, -0.1) is 0 Å². The third-order valence-electron chi connectivity index (χ3n) is 2.68. The average Bonchev–Trinajstić information content (AvgIpc) is 2.06. The van der Waals surface area contributed by atoms with E-state index in [0.717, 1.165) is 19.3 Å². The van der Waals surface area contributed by atoms with Gasteiger partial charge in [0.15, 0.2) is 0 Å². The van der Waals surface area contributed by atoms with Crippen molar-refractivity contribution in [2.45, 2.75) is 45.5 Å². The van der Waals surface area contributed by atoms with Gasteiger partial charge in [0.25, 0.3) is 0 Å². The van der Waals surface area contributed by atoms with E-state index in [1.807, 2.05) is 11.8 Å². The van der Waals surface area contributed by atoms with E-state index < -0.39 is 0 Å². The highest BCUT2D eigenvalue weighted by atomic mass is 79.9. The summed E-state index contributed by atoms with van der Waals surface area (Å²) in [6.45, 7) is 0. The number of alkyl halides is 2. The van der Waals surface area contributed by atoms with Gasteiger partial charge in [-0.25, -0.2) is 0 Å². The van der Waals surface area contributed by atoms with E-state index in [-0.39, 0.29) is 6.10 Å². The average molecular weight is 316 g/mol. The van der Waals surface area contributed by atoms with Crippen molar-refractivity contribution in [3.8, 4) is 0 Å². The molecule has 5 atom stereocenters. The molecule has 2 rings (SSSR count). The predicted octanol–water partition coefficient (Wildman–Crippen LogP) is 2.54. The highest BCUT2D eigenvalue weighted by Crippen LogP contribution is 2.46. The molecule has 2 fully saturated rings. The second-order valence-corrected chi connectivity index (χ2v) is 7.27. The lowest BCUT2D eigenvalue weighted by molar-refractivity contribution is 0.143. The lowest BCUT2D eigenvalue weighted by Gasteiger charge is -2.42. The van der Waals surface area contributed by atoms with Crippen LogP contribution in [0.3, 0.4) is 0 Å². The van der Waals surface area contributed by atoms with Gasteiger partial charge in [-0.3, -0.25) is 0 Å². The Labute approximate surface area is 93.9 Å². The summed E-state index contributed by atoms with van der Waals surface area (Å²) in [6.07, 6.45) is 3.18. The van der Waals surface area contributed by atoms with Gasteiger partial charge in [-0.2, -0.15) is 11.8 Å². The monoisotopic (exact) mass is 314 g/mol. The number of aliphatic hydroxyl groups excluding tert-OH is 1. The van der Waals surface area contributed by atoms with Crippen molar-refractivity contribution >= 4 is 43.6 Å². The van der Waals surface area contributed by atoms with Crippen LogP contribution in [0.4, 0.5) is 0 Å². The van der Waals surface area contributed by atoms with Crippen LogP contribution in [0.1, 0.15) is 19.3 Å². The van der Waals surface area contributed by atoms with E-state index in [2.05, 4.69) is 31.9 Å². The maximum atomic E-state index is 9.67. The van der Waals surface area contributed by atoms with E-state index >= 15 is 0 Å². The lowest BCUT2D eigenvalue weighted by atomic mass is 9.96. The zero-order chi connectivity index (χ0) is 8.72. The van der Waals surface area contributed by atoms with Crippen LogP contribution in [0, 0.1) is 0 Å². The van der Waals surface area contributed by atoms with E-state index in [9.17, 15) is 5.11 Å². The van der Waals surface area contributed by atoms with Gasteiger partial charge >= 0.3 is 0 Å². The zero-order valence-corrected chi connectivity index (χ0v) is 10.6. The minimum atomic E-state index is -0.0636. The van der Waals surface area contributed by atoms with Crippen molar-refractivity contribution in [3.05, 3.63) is 0 Å². The standard InChI is InChI=1S/C8H12Br2OS/c9-4-3-7-5(11)1-2-6(12-7)8(4)10/h4-8,11H,1-3H2. The molecular formula is C8H12Br2OS. The second-order valence-electron chi connectivity index (χ2n) is 3.55. The first-order chi connectivity index (χ1) is 5.68. The smallest absolute Gasteiger partial charge is 0.0659 e. The van der Waals surface area contributed by atoms with Crippen LogP contribution >= 0.6 is 43.6 Å². The van der Waals surface area contributed by atoms with E-state index in [1.165, 1.54) is 0 Å². The second kappa shape index (κ2) is 3.79. The van der Waals surface area contributed by atoms with Crippen LogP contribution in [-0.4, -0.2) is 31.4 Å². The van der Waals surface area contributed by atoms with Crippen molar-refractivity contribution in [1.82, 2.24) is 0 Å². The Kier molecular flexibility index (Phi) is 3.10. The summed E-state index contributed by atoms with van der Waals surface area (Å²) in [7, 11) is 0. The van der Waals surface area contributed by atoms with Crippen LogP contribution in [-0.2, 0) is 0 Å². The molecule has 12 heavy (non-hydrogen) atoms. The van der Waals surface area contributed by atoms with Crippen molar-refractivity contribution < 1.29 is 5.11 Å². The number of rotatable bonds is 0. The molecule has 1 N–H and O–H groups in total. The molecule has 5 unspecified atom stereocenters. The summed E-state index contributed by atoms with van der Waals surface area (Å²) in [6, 6.07) is 0. The highest BCUT2D eigenvalue weighted by Gasteiger charge is 2.41. The molecule has 2 bridgehead atoms. The lowest BCUT2D eigenvalue weighted by Crippen LogP contribution is -2.44. The van der Waals surface area contributed by atoms with Gasteiger partial charge in [0.2, 0.25) is 0 Å². The molecule has 0 spiro atoms. The summed E-state index contributed by atoms with van der Waals surface area (Å²) in [5.74, 6) is 0. The van der Waals surface area contributed by atoms with Gasteiger partial charge in [-0.05, 0) is 19.3 Å². The molecule has 1 nitrogen and oxygen atoms in total. The van der Waals surface area contributed by atoms with Crippen molar-refractivity contribution in [1.29, 1.82) is 0 Å². The molecule has 0 aromatic heterocycles. The summed E-state index contributed by atoms with van der Waals surface area (Å²) in [5.41, 5.74) is 0. The van der Waals surface area contributed by atoms with Crippen molar-refractivity contribution in [2.24, 2.45) is 0 Å². The fourth-order valence-electron chi connectivity index (χ4n) is 1.94. The number of hydrogen-bond donors (Lipinski definition) is 1. The van der Waals surface area contributed by atoms with Gasteiger partial charge in [0.1, 0.15) is 0 Å². The summed E-state index contributed by atoms with van der Waals surface area (Å²) < 4.78 is 0. The Hall–Kier alpha value is 1.27. The van der Waals surface area contributed by atoms with Crippen molar-refractivity contribution in [3.63, 3.8) is 0 Å². The van der Waals surface area contributed by atoms with Crippen molar-refractivity contribution in [2.75, 3.05) is 0 Å². The Morgan fingerprint density at radius 2 is 1.92 bits per heavy atom. The quantitative estimate of drug-likeness (QED) is 0.693. The Bertz CT molecular complexity index is 176. The van der Waals surface area contributed by atoms with Gasteiger partial charge in [-0.1, -0.05) is 31.9 Å². The SMILES string of the molecule is OC1CCC2SC1CC(Br)C2Br. The van der Waals surface area contributed by atoms with Crippen LogP contribution in [0.2, 0.25) is 0 Å². The normalized spacial score (nSPS) is 53.8. The van der Waals surface area contributed by atoms with E-state index in [1.54, 1.807) is 0 Å². The van der Waals surface area contributed by atoms with Gasteiger partial charge < -0.3 is 5.11 Å². The summed E-state index contributed by atoms with van der Waals surface area (Å²) in [5, 5.41) is 10.8. The maximum Gasteiger partial charge on any atom is 0.0659 e.